The van der Waals surface area contributed by atoms with Crippen LogP contribution in [0.25, 0.3) is 23.1 Å². The fourth-order valence-corrected chi connectivity index (χ4v) is 1.85. The van der Waals surface area contributed by atoms with Gasteiger partial charge in [0.1, 0.15) is 5.75 Å². The molecule has 0 bridgehead atoms. The minimum Gasteiger partial charge on any atom is -0.495 e. The van der Waals surface area contributed by atoms with Crippen molar-refractivity contribution in [3.63, 3.8) is 0 Å². The third kappa shape index (κ3) is 1.65. The summed E-state index contributed by atoms with van der Waals surface area (Å²) >= 11 is 0. The molecule has 0 radical (unpaired) electrons. The predicted molar refractivity (Wildman–Crippen MR) is 71.3 cm³/mol. The molecule has 0 unspecified atom stereocenters. The lowest BCUT2D eigenvalue weighted by molar-refractivity contribution is 0.419. The Bertz CT molecular complexity index is 653. The number of H-pyrrole nitrogens is 1. The van der Waals surface area contributed by atoms with Gasteiger partial charge in [0.05, 0.1) is 12.6 Å². The SMILES string of the molecule is C=Cc1[nH]c2c(OC)cccc2c(=O)c1C=C. The third-order valence-corrected chi connectivity index (χ3v) is 2.69. The Kier molecular flexibility index (Phi) is 2.83. The van der Waals surface area contributed by atoms with E-state index >= 15 is 0 Å². The Labute approximate surface area is 99.1 Å². The van der Waals surface area contributed by atoms with Crippen molar-refractivity contribution in [2.75, 3.05) is 7.11 Å². The van der Waals surface area contributed by atoms with Gasteiger partial charge < -0.3 is 9.72 Å². The van der Waals surface area contributed by atoms with Crippen LogP contribution in [0.5, 0.6) is 5.75 Å². The zero-order valence-electron chi connectivity index (χ0n) is 9.62. The van der Waals surface area contributed by atoms with E-state index in [2.05, 4.69) is 18.1 Å². The van der Waals surface area contributed by atoms with Crippen LogP contribution in [0.3, 0.4) is 0 Å². The largest absolute Gasteiger partial charge is 0.495 e. The van der Waals surface area contributed by atoms with Crippen molar-refractivity contribution in [2.45, 2.75) is 0 Å². The Hall–Kier alpha value is -2.29. The van der Waals surface area contributed by atoms with Crippen molar-refractivity contribution < 1.29 is 4.74 Å². The number of hydrogen-bond donors (Lipinski definition) is 1. The third-order valence-electron chi connectivity index (χ3n) is 2.69. The number of pyridine rings is 1. The molecule has 2 aromatic rings. The fourth-order valence-electron chi connectivity index (χ4n) is 1.85. The molecule has 0 aliphatic rings. The number of benzene rings is 1. The molecule has 0 saturated heterocycles. The highest BCUT2D eigenvalue weighted by Gasteiger charge is 2.10. The molecule has 0 saturated carbocycles. The van der Waals surface area contributed by atoms with Gasteiger partial charge in [-0.3, -0.25) is 4.79 Å². The first-order chi connectivity index (χ1) is 8.22. The van der Waals surface area contributed by atoms with Crippen LogP contribution in [0, 0.1) is 0 Å². The Morgan fingerprint density at radius 2 is 2.06 bits per heavy atom. The van der Waals surface area contributed by atoms with Crippen molar-refractivity contribution in [1.29, 1.82) is 0 Å². The van der Waals surface area contributed by atoms with E-state index in [4.69, 9.17) is 4.74 Å². The topological polar surface area (TPSA) is 42.1 Å². The zero-order valence-corrected chi connectivity index (χ0v) is 9.62. The average molecular weight is 227 g/mol. The van der Waals surface area contributed by atoms with Crippen molar-refractivity contribution >= 4 is 23.1 Å². The number of nitrogens with one attached hydrogen (secondary N) is 1. The lowest BCUT2D eigenvalue weighted by Gasteiger charge is -2.08. The smallest absolute Gasteiger partial charge is 0.197 e. The Balaban J connectivity index is 3.00. The Morgan fingerprint density at radius 3 is 2.65 bits per heavy atom. The Morgan fingerprint density at radius 1 is 1.29 bits per heavy atom. The normalized spacial score (nSPS) is 10.2. The van der Waals surface area contributed by atoms with Crippen LogP contribution in [0.2, 0.25) is 0 Å². The second kappa shape index (κ2) is 4.29. The van der Waals surface area contributed by atoms with Crippen molar-refractivity contribution in [2.24, 2.45) is 0 Å². The van der Waals surface area contributed by atoms with E-state index in [1.54, 1.807) is 31.4 Å². The van der Waals surface area contributed by atoms with Crippen LogP contribution in [0.1, 0.15) is 11.3 Å². The van der Waals surface area contributed by atoms with Gasteiger partial charge in [-0.05, 0) is 18.2 Å². The van der Waals surface area contributed by atoms with E-state index in [0.29, 0.717) is 27.9 Å². The molecular formula is C14H13NO2. The highest BCUT2D eigenvalue weighted by Crippen LogP contribution is 2.23. The summed E-state index contributed by atoms with van der Waals surface area (Å²) in [6.45, 7) is 7.33. The van der Waals surface area contributed by atoms with E-state index in [-0.39, 0.29) is 5.43 Å². The van der Waals surface area contributed by atoms with E-state index < -0.39 is 0 Å². The van der Waals surface area contributed by atoms with Gasteiger partial charge in [0, 0.05) is 16.6 Å². The quantitative estimate of drug-likeness (QED) is 0.876. The molecule has 1 N–H and O–H groups in total. The minimum atomic E-state index is -0.0671. The molecule has 0 atom stereocenters. The molecule has 1 heterocycles. The molecule has 2 rings (SSSR count). The number of hydrogen-bond acceptors (Lipinski definition) is 2. The van der Waals surface area contributed by atoms with Crippen LogP contribution < -0.4 is 10.2 Å². The van der Waals surface area contributed by atoms with E-state index in [1.165, 1.54) is 6.08 Å². The van der Waals surface area contributed by atoms with E-state index in [9.17, 15) is 4.79 Å². The van der Waals surface area contributed by atoms with Gasteiger partial charge in [-0.25, -0.2) is 0 Å². The lowest BCUT2D eigenvalue weighted by Crippen LogP contribution is -2.10. The first-order valence-corrected chi connectivity index (χ1v) is 5.20. The van der Waals surface area contributed by atoms with Crippen LogP contribution in [0.15, 0.2) is 36.2 Å². The molecule has 0 amide bonds. The maximum Gasteiger partial charge on any atom is 0.197 e. The molecule has 3 nitrogen and oxygen atoms in total. The summed E-state index contributed by atoms with van der Waals surface area (Å²) < 4.78 is 5.23. The second-order valence-electron chi connectivity index (χ2n) is 3.57. The average Bonchev–Trinajstić information content (AvgIpc) is 2.37. The number of fused-ring (bicyclic) bond motifs is 1. The minimum absolute atomic E-state index is 0.0671. The lowest BCUT2D eigenvalue weighted by atomic mass is 10.1. The molecular weight excluding hydrogens is 214 g/mol. The van der Waals surface area contributed by atoms with Gasteiger partial charge in [-0.15, -0.1) is 0 Å². The summed E-state index contributed by atoms with van der Waals surface area (Å²) in [5.41, 5.74) is 1.80. The number of aromatic amines is 1. The molecule has 17 heavy (non-hydrogen) atoms. The molecule has 1 aromatic carbocycles. The first kappa shape index (κ1) is 11.2. The van der Waals surface area contributed by atoms with Crippen LogP contribution >= 0.6 is 0 Å². The molecule has 0 aliphatic heterocycles. The van der Waals surface area contributed by atoms with Crippen LogP contribution in [-0.4, -0.2) is 12.1 Å². The van der Waals surface area contributed by atoms with E-state index in [1.807, 2.05) is 0 Å². The van der Waals surface area contributed by atoms with Crippen molar-refractivity contribution in [3.8, 4) is 5.75 Å². The molecule has 0 fully saturated rings. The molecule has 1 aromatic heterocycles. The highest BCUT2D eigenvalue weighted by atomic mass is 16.5. The second-order valence-corrected chi connectivity index (χ2v) is 3.57. The van der Waals surface area contributed by atoms with Gasteiger partial charge >= 0.3 is 0 Å². The van der Waals surface area contributed by atoms with Crippen LogP contribution in [-0.2, 0) is 0 Å². The van der Waals surface area contributed by atoms with Gasteiger partial charge in [-0.1, -0.05) is 25.3 Å². The van der Waals surface area contributed by atoms with Gasteiger partial charge in [0.25, 0.3) is 0 Å². The summed E-state index contributed by atoms with van der Waals surface area (Å²) in [5, 5.41) is 0.588. The molecule has 0 aliphatic carbocycles. The maximum atomic E-state index is 12.2. The van der Waals surface area contributed by atoms with Crippen molar-refractivity contribution in [3.05, 3.63) is 52.8 Å². The van der Waals surface area contributed by atoms with Gasteiger partial charge in [-0.2, -0.15) is 0 Å². The van der Waals surface area contributed by atoms with Gasteiger partial charge in [0.15, 0.2) is 5.43 Å². The first-order valence-electron chi connectivity index (χ1n) is 5.20. The number of methoxy groups -OCH3 is 1. The highest BCUT2D eigenvalue weighted by molar-refractivity contribution is 5.87. The van der Waals surface area contributed by atoms with Gasteiger partial charge in [0.2, 0.25) is 0 Å². The van der Waals surface area contributed by atoms with E-state index in [0.717, 1.165) is 0 Å². The number of rotatable bonds is 3. The van der Waals surface area contributed by atoms with Crippen molar-refractivity contribution in [1.82, 2.24) is 4.98 Å². The zero-order chi connectivity index (χ0) is 12.4. The maximum absolute atomic E-state index is 12.2. The number of ether oxygens (including phenoxy) is 1. The summed E-state index contributed by atoms with van der Waals surface area (Å²) in [6.07, 6.45) is 3.14. The van der Waals surface area contributed by atoms with Crippen LogP contribution in [0.4, 0.5) is 0 Å². The fraction of sp³-hybridized carbons (Fsp3) is 0.0714. The monoisotopic (exact) mass is 227 g/mol. The number of aromatic nitrogens is 1. The summed E-state index contributed by atoms with van der Waals surface area (Å²) in [7, 11) is 1.57. The summed E-state index contributed by atoms with van der Waals surface area (Å²) in [6, 6.07) is 5.35. The number of para-hydroxylation sites is 1. The standard InChI is InChI=1S/C14H13NO2/c1-4-9-11(5-2)15-13-10(14(9)16)7-6-8-12(13)17-3/h4-8H,1-2H2,3H3,(H,15,16). The molecule has 0 spiro atoms. The molecule has 86 valence electrons. The summed E-state index contributed by atoms with van der Waals surface area (Å²) in [4.78, 5) is 15.4. The summed E-state index contributed by atoms with van der Waals surface area (Å²) in [5.74, 6) is 0.637. The molecule has 3 heteroatoms. The predicted octanol–water partition coefficient (Wildman–Crippen LogP) is 2.82.